The van der Waals surface area contributed by atoms with E-state index in [1.807, 2.05) is 31.2 Å². The molecule has 166 valence electrons. The molecule has 0 atom stereocenters. The van der Waals surface area contributed by atoms with Crippen molar-refractivity contribution in [2.75, 3.05) is 7.05 Å². The van der Waals surface area contributed by atoms with Crippen molar-refractivity contribution in [3.63, 3.8) is 0 Å². The van der Waals surface area contributed by atoms with E-state index in [0.717, 1.165) is 29.8 Å². The maximum atomic E-state index is 14.4. The molecule has 0 bridgehead atoms. The maximum absolute atomic E-state index is 14.4. The van der Waals surface area contributed by atoms with Gasteiger partial charge >= 0.3 is 0 Å². The zero-order valence-corrected chi connectivity index (χ0v) is 19.5. The zero-order valence-electron chi connectivity index (χ0n) is 19.5. The van der Waals surface area contributed by atoms with Crippen LogP contribution in [0.25, 0.3) is 11.1 Å². The monoisotopic (exact) mass is 436 g/mol. The molecule has 0 saturated carbocycles. The van der Waals surface area contributed by atoms with Crippen LogP contribution in [0.2, 0.25) is 0 Å². The van der Waals surface area contributed by atoms with Gasteiger partial charge in [-0.25, -0.2) is 4.39 Å². The van der Waals surface area contributed by atoms with Crippen LogP contribution in [-0.4, -0.2) is 11.9 Å². The summed E-state index contributed by atoms with van der Waals surface area (Å²) in [6.45, 7) is 11.9. The first-order chi connectivity index (χ1) is 16.0. The fraction of sp³-hybridized carbons (Fsp3) is 0.167. The fourth-order valence-electron chi connectivity index (χ4n) is 4.36. The molecular weight excluding hydrogens is 407 g/mol. The van der Waals surface area contributed by atoms with Gasteiger partial charge in [0.15, 0.2) is 0 Å². The van der Waals surface area contributed by atoms with Crippen LogP contribution >= 0.6 is 0 Å². The van der Waals surface area contributed by atoms with E-state index in [1.165, 1.54) is 22.8 Å². The molecule has 1 aliphatic carbocycles. The third-order valence-corrected chi connectivity index (χ3v) is 6.02. The number of hydrogen-bond donors (Lipinski definition) is 0. The van der Waals surface area contributed by atoms with Crippen molar-refractivity contribution in [2.24, 2.45) is 0 Å². The lowest BCUT2D eigenvalue weighted by molar-refractivity contribution is 0.507. The molecule has 0 unspecified atom stereocenters. The van der Waals surface area contributed by atoms with Crippen molar-refractivity contribution in [1.82, 2.24) is 4.90 Å². The molecule has 0 aromatic heterocycles. The number of nitriles is 1. The molecule has 2 aromatic carbocycles. The molecule has 2 nitrogen and oxygen atoms in total. The van der Waals surface area contributed by atoms with Gasteiger partial charge in [0.25, 0.3) is 0 Å². The average molecular weight is 437 g/mol. The van der Waals surface area contributed by atoms with Crippen molar-refractivity contribution in [2.45, 2.75) is 26.7 Å². The van der Waals surface area contributed by atoms with Gasteiger partial charge in [0.2, 0.25) is 0 Å². The minimum absolute atomic E-state index is 0.0306. The predicted octanol–water partition coefficient (Wildman–Crippen LogP) is 7.51. The summed E-state index contributed by atoms with van der Waals surface area (Å²) in [6, 6.07) is 13.1. The number of halogens is 1. The molecule has 0 spiro atoms. The standard InChI is InChI=1S/C30H29FN2/c1-6-9-14-24(8-3)33(5)29-18-17-23-13-10-12-21(4)30(23)26(29)19-22(7-2)25-15-11-16-28(31)27(25)20-32/h6-16,19H,1-2,17-18H2,3-5H3/b14-9-,22-19+,24-8+. The van der Waals surface area contributed by atoms with Crippen molar-refractivity contribution in [1.29, 1.82) is 5.26 Å². The van der Waals surface area contributed by atoms with Crippen LogP contribution in [-0.2, 0) is 6.42 Å². The number of likely N-dealkylation sites (N-methyl/N-ethyl adjacent to an activating group) is 1. The lowest BCUT2D eigenvalue weighted by Gasteiger charge is -2.31. The molecule has 0 fully saturated rings. The topological polar surface area (TPSA) is 27.0 Å². The van der Waals surface area contributed by atoms with E-state index in [9.17, 15) is 9.65 Å². The van der Waals surface area contributed by atoms with Crippen LogP contribution in [0.4, 0.5) is 4.39 Å². The Labute approximate surface area is 196 Å². The number of allylic oxidation sites excluding steroid dienone is 9. The largest absolute Gasteiger partial charge is 0.348 e. The normalized spacial score (nSPS) is 14.2. The molecule has 1 aliphatic rings. The van der Waals surface area contributed by atoms with Crippen molar-refractivity contribution in [3.05, 3.63) is 131 Å². The average Bonchev–Trinajstić information content (AvgIpc) is 2.82. The highest BCUT2D eigenvalue weighted by Crippen LogP contribution is 2.39. The van der Waals surface area contributed by atoms with Crippen molar-refractivity contribution < 1.29 is 4.39 Å². The second-order valence-electron chi connectivity index (χ2n) is 7.91. The van der Waals surface area contributed by atoms with Gasteiger partial charge in [-0.05, 0) is 67.2 Å². The summed E-state index contributed by atoms with van der Waals surface area (Å²) in [5, 5.41) is 9.58. The smallest absolute Gasteiger partial charge is 0.141 e. The van der Waals surface area contributed by atoms with Crippen molar-refractivity contribution in [3.8, 4) is 6.07 Å². The van der Waals surface area contributed by atoms with Gasteiger partial charge in [0, 0.05) is 29.6 Å². The molecule has 0 heterocycles. The van der Waals surface area contributed by atoms with Gasteiger partial charge in [0.05, 0.1) is 5.56 Å². The van der Waals surface area contributed by atoms with Gasteiger partial charge < -0.3 is 4.90 Å². The summed E-state index contributed by atoms with van der Waals surface area (Å²) in [7, 11) is 2.06. The minimum atomic E-state index is -0.528. The first kappa shape index (κ1) is 23.8. The summed E-state index contributed by atoms with van der Waals surface area (Å²) >= 11 is 0. The Bertz CT molecular complexity index is 1250. The van der Waals surface area contributed by atoms with Gasteiger partial charge in [-0.1, -0.05) is 67.8 Å². The Hall–Kier alpha value is -3.90. The van der Waals surface area contributed by atoms with Gasteiger partial charge in [-0.3, -0.25) is 0 Å². The first-order valence-electron chi connectivity index (χ1n) is 11.0. The molecule has 3 rings (SSSR count). The van der Waals surface area contributed by atoms with E-state index >= 15 is 0 Å². The maximum Gasteiger partial charge on any atom is 0.141 e. The third kappa shape index (κ3) is 4.81. The van der Waals surface area contributed by atoms with Crippen LogP contribution < -0.4 is 0 Å². The second kappa shape index (κ2) is 10.6. The summed E-state index contributed by atoms with van der Waals surface area (Å²) in [5.41, 5.74) is 8.20. The van der Waals surface area contributed by atoms with Crippen molar-refractivity contribution >= 4 is 11.1 Å². The summed E-state index contributed by atoms with van der Waals surface area (Å²) in [5.74, 6) is -0.528. The molecule has 0 aliphatic heterocycles. The second-order valence-corrected chi connectivity index (χ2v) is 7.91. The number of hydrogen-bond acceptors (Lipinski definition) is 2. The quantitative estimate of drug-likeness (QED) is 0.420. The molecule has 2 aromatic rings. The highest BCUT2D eigenvalue weighted by molar-refractivity contribution is 5.92. The highest BCUT2D eigenvalue weighted by Gasteiger charge is 2.23. The SMILES string of the molecule is C=C/C=C\C(=C/C)N(C)C1=C(/C=C(\C=C)c2cccc(F)c2C#N)c2c(C)cccc2CC1. The van der Waals surface area contributed by atoms with Crippen LogP contribution in [0, 0.1) is 24.1 Å². The lowest BCUT2D eigenvalue weighted by atomic mass is 9.83. The number of benzene rings is 2. The van der Waals surface area contributed by atoms with E-state index in [0.29, 0.717) is 11.1 Å². The zero-order chi connectivity index (χ0) is 24.0. The van der Waals surface area contributed by atoms with Crippen LogP contribution in [0.1, 0.15) is 41.2 Å². The highest BCUT2D eigenvalue weighted by atomic mass is 19.1. The Morgan fingerprint density at radius 2 is 1.91 bits per heavy atom. The van der Waals surface area contributed by atoms with Gasteiger partial charge in [-0.2, -0.15) is 5.26 Å². The first-order valence-corrected chi connectivity index (χ1v) is 11.0. The molecule has 0 N–H and O–H groups in total. The Kier molecular flexibility index (Phi) is 7.64. The summed E-state index contributed by atoms with van der Waals surface area (Å²) < 4.78 is 14.4. The number of nitrogens with zero attached hydrogens (tertiary/aromatic N) is 2. The van der Waals surface area contributed by atoms with Crippen LogP contribution in [0.5, 0.6) is 0 Å². The van der Waals surface area contributed by atoms with E-state index in [4.69, 9.17) is 0 Å². The molecule has 0 saturated heterocycles. The Morgan fingerprint density at radius 1 is 1.15 bits per heavy atom. The molecule has 0 radical (unpaired) electrons. The van der Waals surface area contributed by atoms with Gasteiger partial charge in [-0.15, -0.1) is 0 Å². The number of fused-ring (bicyclic) bond motifs is 1. The molecular formula is C30H29FN2. The summed E-state index contributed by atoms with van der Waals surface area (Å²) in [6.07, 6.45) is 13.3. The molecule has 33 heavy (non-hydrogen) atoms. The molecule has 3 heteroatoms. The minimum Gasteiger partial charge on any atom is -0.348 e. The van der Waals surface area contributed by atoms with E-state index in [2.05, 4.69) is 56.3 Å². The van der Waals surface area contributed by atoms with E-state index in [-0.39, 0.29) is 5.56 Å². The molecule has 0 amide bonds. The van der Waals surface area contributed by atoms with Crippen LogP contribution in [0.3, 0.4) is 0 Å². The predicted molar refractivity (Wildman–Crippen MR) is 137 cm³/mol. The fourth-order valence-corrected chi connectivity index (χ4v) is 4.36. The lowest BCUT2D eigenvalue weighted by Crippen LogP contribution is -2.21. The van der Waals surface area contributed by atoms with E-state index < -0.39 is 5.82 Å². The number of rotatable bonds is 7. The van der Waals surface area contributed by atoms with Crippen LogP contribution in [0.15, 0.2) is 97.4 Å². The Balaban J connectivity index is 2.31. The van der Waals surface area contributed by atoms with Gasteiger partial charge in [0.1, 0.15) is 11.9 Å². The summed E-state index contributed by atoms with van der Waals surface area (Å²) in [4.78, 5) is 2.19. The van der Waals surface area contributed by atoms with E-state index in [1.54, 1.807) is 24.3 Å². The Morgan fingerprint density at radius 3 is 2.58 bits per heavy atom. The number of aryl methyl sites for hydroxylation is 2. The third-order valence-electron chi connectivity index (χ3n) is 6.02.